The molecule has 1 N–H and O–H groups in total. The number of hydrogen-bond donors (Lipinski definition) is 1. The van der Waals surface area contributed by atoms with Gasteiger partial charge >= 0.3 is 0 Å². The van der Waals surface area contributed by atoms with Crippen LogP contribution in [0.1, 0.15) is 43.7 Å². The maximum Gasteiger partial charge on any atom is 0.123 e. The Labute approximate surface area is 119 Å². The maximum atomic E-state index is 13.3. The SMILES string of the molecule is CNC(CCC1CCCCO1)c1cc(F)ccc1Cl. The highest BCUT2D eigenvalue weighted by atomic mass is 35.5. The third-order valence-electron chi connectivity index (χ3n) is 3.73. The zero-order valence-corrected chi connectivity index (χ0v) is 12.0. The molecule has 2 unspecified atom stereocenters. The molecule has 0 aliphatic carbocycles. The molecule has 0 aromatic heterocycles. The fraction of sp³-hybridized carbons (Fsp3) is 0.600. The molecule has 0 radical (unpaired) electrons. The van der Waals surface area contributed by atoms with E-state index in [4.69, 9.17) is 16.3 Å². The number of halogens is 2. The summed E-state index contributed by atoms with van der Waals surface area (Å²) in [4.78, 5) is 0. The summed E-state index contributed by atoms with van der Waals surface area (Å²) in [5, 5.41) is 3.84. The lowest BCUT2D eigenvalue weighted by Gasteiger charge is -2.25. The van der Waals surface area contributed by atoms with Crippen LogP contribution in [-0.4, -0.2) is 19.8 Å². The lowest BCUT2D eigenvalue weighted by atomic mass is 9.97. The number of ether oxygens (including phenoxy) is 1. The number of rotatable bonds is 5. The van der Waals surface area contributed by atoms with Gasteiger partial charge in [0.25, 0.3) is 0 Å². The van der Waals surface area contributed by atoms with Gasteiger partial charge in [-0.3, -0.25) is 0 Å². The van der Waals surface area contributed by atoms with Gasteiger partial charge in [0.1, 0.15) is 5.82 Å². The van der Waals surface area contributed by atoms with Crippen LogP contribution in [0.4, 0.5) is 4.39 Å². The second kappa shape index (κ2) is 7.22. The number of hydrogen-bond acceptors (Lipinski definition) is 2. The van der Waals surface area contributed by atoms with E-state index < -0.39 is 0 Å². The van der Waals surface area contributed by atoms with Crippen molar-refractivity contribution in [3.05, 3.63) is 34.6 Å². The van der Waals surface area contributed by atoms with Crippen molar-refractivity contribution in [2.45, 2.75) is 44.2 Å². The first-order valence-electron chi connectivity index (χ1n) is 6.94. The summed E-state index contributed by atoms with van der Waals surface area (Å²) >= 11 is 6.15. The quantitative estimate of drug-likeness (QED) is 0.880. The first kappa shape index (κ1) is 14.8. The van der Waals surface area contributed by atoms with Crippen LogP contribution in [-0.2, 0) is 4.74 Å². The highest BCUT2D eigenvalue weighted by molar-refractivity contribution is 6.31. The molecule has 19 heavy (non-hydrogen) atoms. The van der Waals surface area contributed by atoms with Gasteiger partial charge in [-0.25, -0.2) is 4.39 Å². The minimum Gasteiger partial charge on any atom is -0.378 e. The van der Waals surface area contributed by atoms with Crippen LogP contribution < -0.4 is 5.32 Å². The van der Waals surface area contributed by atoms with E-state index in [0.29, 0.717) is 11.1 Å². The van der Waals surface area contributed by atoms with E-state index in [1.165, 1.54) is 25.0 Å². The molecule has 1 fully saturated rings. The first-order valence-corrected chi connectivity index (χ1v) is 7.32. The van der Waals surface area contributed by atoms with Gasteiger partial charge in [0, 0.05) is 17.7 Å². The van der Waals surface area contributed by atoms with E-state index in [0.717, 1.165) is 31.4 Å². The van der Waals surface area contributed by atoms with Crippen LogP contribution in [0, 0.1) is 5.82 Å². The van der Waals surface area contributed by atoms with Crippen molar-refractivity contribution in [1.82, 2.24) is 5.32 Å². The van der Waals surface area contributed by atoms with Crippen LogP contribution in [0.25, 0.3) is 0 Å². The van der Waals surface area contributed by atoms with Crippen molar-refractivity contribution < 1.29 is 9.13 Å². The molecule has 2 rings (SSSR count). The summed E-state index contributed by atoms with van der Waals surface area (Å²) in [6.45, 7) is 0.871. The minimum absolute atomic E-state index is 0.0775. The second-order valence-electron chi connectivity index (χ2n) is 5.07. The Balaban J connectivity index is 1.97. The summed E-state index contributed by atoms with van der Waals surface area (Å²) in [5.74, 6) is -0.242. The van der Waals surface area contributed by atoms with Gasteiger partial charge in [0.05, 0.1) is 6.10 Å². The molecule has 0 bridgehead atoms. The largest absolute Gasteiger partial charge is 0.378 e. The van der Waals surface area contributed by atoms with Crippen molar-refractivity contribution in [2.75, 3.05) is 13.7 Å². The van der Waals surface area contributed by atoms with Gasteiger partial charge in [-0.05, 0) is 62.9 Å². The fourth-order valence-electron chi connectivity index (χ4n) is 2.62. The second-order valence-corrected chi connectivity index (χ2v) is 5.48. The standard InChI is InChI=1S/C15H21ClFNO/c1-18-15(8-6-12-4-2-3-9-19-12)13-10-11(17)5-7-14(13)16/h5,7,10,12,15,18H,2-4,6,8-9H2,1H3. The van der Waals surface area contributed by atoms with Gasteiger partial charge < -0.3 is 10.1 Å². The van der Waals surface area contributed by atoms with Crippen molar-refractivity contribution in [3.8, 4) is 0 Å². The molecule has 0 spiro atoms. The monoisotopic (exact) mass is 285 g/mol. The van der Waals surface area contributed by atoms with Gasteiger partial charge in [-0.1, -0.05) is 11.6 Å². The Kier molecular flexibility index (Phi) is 5.61. The molecule has 1 aliphatic heterocycles. The van der Waals surface area contributed by atoms with Gasteiger partial charge in [0.2, 0.25) is 0 Å². The minimum atomic E-state index is -0.242. The Morgan fingerprint density at radius 1 is 1.47 bits per heavy atom. The summed E-state index contributed by atoms with van der Waals surface area (Å²) in [6, 6.07) is 4.61. The Morgan fingerprint density at radius 3 is 3.00 bits per heavy atom. The lowest BCUT2D eigenvalue weighted by molar-refractivity contribution is 0.00866. The fourth-order valence-corrected chi connectivity index (χ4v) is 2.87. The third kappa shape index (κ3) is 4.16. The van der Waals surface area contributed by atoms with Crippen LogP contribution in [0.3, 0.4) is 0 Å². The van der Waals surface area contributed by atoms with E-state index in [1.807, 2.05) is 7.05 Å². The van der Waals surface area contributed by atoms with Crippen molar-refractivity contribution in [3.63, 3.8) is 0 Å². The maximum absolute atomic E-state index is 13.3. The topological polar surface area (TPSA) is 21.3 Å². The molecule has 2 nitrogen and oxygen atoms in total. The predicted octanol–water partition coefficient (Wildman–Crippen LogP) is 4.09. The Hall–Kier alpha value is -0.640. The molecule has 0 saturated carbocycles. The van der Waals surface area contributed by atoms with Crippen LogP contribution >= 0.6 is 11.6 Å². The average Bonchev–Trinajstić information content (AvgIpc) is 2.44. The first-order chi connectivity index (χ1) is 9.20. The lowest BCUT2D eigenvalue weighted by Crippen LogP contribution is -2.23. The van der Waals surface area contributed by atoms with Gasteiger partial charge in [0.15, 0.2) is 0 Å². The van der Waals surface area contributed by atoms with Crippen LogP contribution in [0.5, 0.6) is 0 Å². The molecule has 106 valence electrons. The Bertz CT molecular complexity index is 407. The highest BCUT2D eigenvalue weighted by Crippen LogP contribution is 2.28. The van der Waals surface area contributed by atoms with Crippen LogP contribution in [0.15, 0.2) is 18.2 Å². The zero-order chi connectivity index (χ0) is 13.7. The molecule has 4 heteroatoms. The summed E-state index contributed by atoms with van der Waals surface area (Å²) in [5.41, 5.74) is 0.833. The normalized spacial score (nSPS) is 21.3. The third-order valence-corrected chi connectivity index (χ3v) is 4.08. The van der Waals surface area contributed by atoms with Gasteiger partial charge in [-0.2, -0.15) is 0 Å². The molecule has 1 heterocycles. The van der Waals surface area contributed by atoms with E-state index >= 15 is 0 Å². The number of benzene rings is 1. The summed E-state index contributed by atoms with van der Waals surface area (Å²) < 4.78 is 19.1. The molecular weight excluding hydrogens is 265 g/mol. The van der Waals surface area contributed by atoms with E-state index in [2.05, 4.69) is 5.32 Å². The van der Waals surface area contributed by atoms with E-state index in [-0.39, 0.29) is 11.9 Å². The van der Waals surface area contributed by atoms with Crippen molar-refractivity contribution in [2.24, 2.45) is 0 Å². The smallest absolute Gasteiger partial charge is 0.123 e. The van der Waals surface area contributed by atoms with Crippen LogP contribution in [0.2, 0.25) is 5.02 Å². The van der Waals surface area contributed by atoms with E-state index in [9.17, 15) is 4.39 Å². The highest BCUT2D eigenvalue weighted by Gasteiger charge is 2.18. The summed E-state index contributed by atoms with van der Waals surface area (Å²) in [6.07, 6.45) is 5.78. The van der Waals surface area contributed by atoms with Crippen molar-refractivity contribution >= 4 is 11.6 Å². The predicted molar refractivity (Wildman–Crippen MR) is 76.0 cm³/mol. The van der Waals surface area contributed by atoms with Crippen molar-refractivity contribution in [1.29, 1.82) is 0 Å². The average molecular weight is 286 g/mol. The number of nitrogens with one attached hydrogen (secondary N) is 1. The molecule has 1 aliphatic rings. The van der Waals surface area contributed by atoms with Gasteiger partial charge in [-0.15, -0.1) is 0 Å². The summed E-state index contributed by atoms with van der Waals surface area (Å²) in [7, 11) is 1.88. The molecular formula is C15H21ClFNO. The molecule has 2 atom stereocenters. The molecule has 1 aromatic carbocycles. The Morgan fingerprint density at radius 2 is 2.32 bits per heavy atom. The molecule has 1 saturated heterocycles. The molecule has 0 amide bonds. The zero-order valence-electron chi connectivity index (χ0n) is 11.3. The van der Waals surface area contributed by atoms with E-state index in [1.54, 1.807) is 6.07 Å². The molecule has 1 aromatic rings.